The summed E-state index contributed by atoms with van der Waals surface area (Å²) >= 11 is 0. The molecule has 0 amide bonds. The van der Waals surface area contributed by atoms with E-state index in [1.807, 2.05) is 0 Å². The third-order valence-electron chi connectivity index (χ3n) is 4.55. The first kappa shape index (κ1) is 17.8. The molecule has 2 fully saturated rings. The summed E-state index contributed by atoms with van der Waals surface area (Å²) in [7, 11) is -6.90. The quantitative estimate of drug-likeness (QED) is 0.811. The van der Waals surface area contributed by atoms with E-state index >= 15 is 0 Å². The maximum absolute atomic E-state index is 13.2. The van der Waals surface area contributed by atoms with Gasteiger partial charge < -0.3 is 0 Å². The smallest absolute Gasteiger partial charge is 0.212 e. The number of nitrogens with one attached hydrogen (secondary N) is 1. The van der Waals surface area contributed by atoms with Crippen LogP contribution in [0.1, 0.15) is 25.7 Å². The topological polar surface area (TPSA) is 83.6 Å². The fourth-order valence-electron chi connectivity index (χ4n) is 2.89. The molecule has 0 radical (unpaired) electrons. The molecule has 0 atom stereocenters. The van der Waals surface area contributed by atoms with E-state index in [-0.39, 0.29) is 22.6 Å². The third kappa shape index (κ3) is 3.96. The summed E-state index contributed by atoms with van der Waals surface area (Å²) in [5, 5.41) is -0.208. The zero-order valence-corrected chi connectivity index (χ0v) is 14.8. The van der Waals surface area contributed by atoms with E-state index in [2.05, 4.69) is 4.72 Å². The number of nitrogens with zero attached hydrogens (tertiary/aromatic N) is 1. The van der Waals surface area contributed by atoms with Crippen LogP contribution in [0, 0.1) is 11.7 Å². The average Bonchev–Trinajstić information content (AvgIpc) is 3.39. The molecule has 1 aromatic rings. The van der Waals surface area contributed by atoms with Crippen molar-refractivity contribution in [3.8, 4) is 0 Å². The van der Waals surface area contributed by atoms with Gasteiger partial charge in [0.2, 0.25) is 20.0 Å². The lowest BCUT2D eigenvalue weighted by Crippen LogP contribution is -2.42. The monoisotopic (exact) mass is 376 g/mol. The number of rotatable bonds is 6. The van der Waals surface area contributed by atoms with Crippen molar-refractivity contribution in [1.82, 2.24) is 9.03 Å². The summed E-state index contributed by atoms with van der Waals surface area (Å²) < 4.78 is 65.9. The molecular formula is C15H21FN2O4S2. The third-order valence-corrected chi connectivity index (χ3v) is 8.37. The predicted octanol–water partition coefficient (Wildman–Crippen LogP) is 1.31. The van der Waals surface area contributed by atoms with Gasteiger partial charge in [-0.15, -0.1) is 0 Å². The van der Waals surface area contributed by atoms with E-state index in [4.69, 9.17) is 0 Å². The lowest BCUT2D eigenvalue weighted by atomic mass is 9.99. The van der Waals surface area contributed by atoms with E-state index in [0.29, 0.717) is 25.9 Å². The van der Waals surface area contributed by atoms with E-state index in [1.54, 1.807) is 0 Å². The summed E-state index contributed by atoms with van der Waals surface area (Å²) in [6, 6.07) is 4.86. The molecule has 24 heavy (non-hydrogen) atoms. The van der Waals surface area contributed by atoms with Gasteiger partial charge in [-0.25, -0.2) is 30.3 Å². The van der Waals surface area contributed by atoms with Crippen molar-refractivity contribution in [2.75, 3.05) is 19.6 Å². The number of hydrogen-bond donors (Lipinski definition) is 1. The molecule has 1 heterocycles. The van der Waals surface area contributed by atoms with Crippen molar-refractivity contribution in [2.24, 2.45) is 5.92 Å². The van der Waals surface area contributed by atoms with Crippen LogP contribution in [-0.2, 0) is 20.0 Å². The normalized spacial score (nSPS) is 21.0. The Morgan fingerprint density at radius 1 is 1.08 bits per heavy atom. The molecule has 0 spiro atoms. The molecule has 3 rings (SSSR count). The molecule has 0 unspecified atom stereocenters. The second kappa shape index (κ2) is 6.70. The molecule has 1 saturated heterocycles. The fraction of sp³-hybridized carbons (Fsp3) is 0.600. The molecule has 1 saturated carbocycles. The maximum atomic E-state index is 13.2. The second-order valence-electron chi connectivity index (χ2n) is 6.40. The first-order chi connectivity index (χ1) is 11.3. The molecule has 1 N–H and O–H groups in total. The number of piperidine rings is 1. The molecule has 1 aromatic carbocycles. The van der Waals surface area contributed by atoms with Crippen molar-refractivity contribution in [2.45, 2.75) is 35.8 Å². The minimum absolute atomic E-state index is 0.0824. The van der Waals surface area contributed by atoms with Crippen molar-refractivity contribution in [3.05, 3.63) is 30.1 Å². The molecule has 134 valence electrons. The first-order valence-electron chi connectivity index (χ1n) is 8.03. The lowest BCUT2D eigenvalue weighted by molar-refractivity contribution is 0.274. The van der Waals surface area contributed by atoms with Gasteiger partial charge >= 0.3 is 0 Å². The number of halogens is 1. The standard InChI is InChI=1S/C15H21FN2O4S2/c16-13-2-1-3-15(10-13)23(19,20)17-11-12-6-8-18(9-7-12)24(21,22)14-4-5-14/h1-3,10,12,14,17H,4-9,11H2. The molecule has 0 aromatic heterocycles. The summed E-state index contributed by atoms with van der Waals surface area (Å²) in [5.74, 6) is -0.518. The van der Waals surface area contributed by atoms with Gasteiger partial charge in [0.1, 0.15) is 5.82 Å². The average molecular weight is 376 g/mol. The first-order valence-corrected chi connectivity index (χ1v) is 11.0. The minimum Gasteiger partial charge on any atom is -0.212 e. The number of hydrogen-bond acceptors (Lipinski definition) is 4. The summed E-state index contributed by atoms with van der Waals surface area (Å²) in [4.78, 5) is -0.101. The molecule has 0 bridgehead atoms. The van der Waals surface area contributed by atoms with E-state index in [9.17, 15) is 21.2 Å². The Morgan fingerprint density at radius 3 is 2.33 bits per heavy atom. The fourth-order valence-corrected chi connectivity index (χ4v) is 5.91. The molecule has 2 aliphatic rings. The van der Waals surface area contributed by atoms with Crippen LogP contribution >= 0.6 is 0 Å². The Morgan fingerprint density at radius 2 is 1.75 bits per heavy atom. The summed E-state index contributed by atoms with van der Waals surface area (Å²) in [5.41, 5.74) is 0. The van der Waals surface area contributed by atoms with Crippen LogP contribution < -0.4 is 4.72 Å². The van der Waals surface area contributed by atoms with Gasteiger partial charge in [-0.2, -0.15) is 0 Å². The number of benzene rings is 1. The van der Waals surface area contributed by atoms with Crippen LogP contribution in [0.3, 0.4) is 0 Å². The summed E-state index contributed by atoms with van der Waals surface area (Å²) in [6.07, 6.45) is 2.74. The zero-order valence-electron chi connectivity index (χ0n) is 13.2. The SMILES string of the molecule is O=S(=O)(NCC1CCN(S(=O)(=O)C2CC2)CC1)c1cccc(F)c1. The largest absolute Gasteiger partial charge is 0.240 e. The molecular weight excluding hydrogens is 355 g/mol. The Bertz CT molecular complexity index is 799. The summed E-state index contributed by atoms with van der Waals surface area (Å²) in [6.45, 7) is 1.10. The van der Waals surface area contributed by atoms with Gasteiger partial charge in [-0.05, 0) is 49.8 Å². The van der Waals surface area contributed by atoms with E-state index in [0.717, 1.165) is 18.9 Å². The predicted molar refractivity (Wildman–Crippen MR) is 87.8 cm³/mol. The van der Waals surface area contributed by atoms with Crippen molar-refractivity contribution < 1.29 is 21.2 Å². The van der Waals surface area contributed by atoms with Gasteiger partial charge in [0, 0.05) is 19.6 Å². The highest BCUT2D eigenvalue weighted by atomic mass is 32.2. The lowest BCUT2D eigenvalue weighted by Gasteiger charge is -2.31. The van der Waals surface area contributed by atoms with Crippen LogP contribution in [0.5, 0.6) is 0 Å². The highest BCUT2D eigenvalue weighted by molar-refractivity contribution is 7.90. The molecule has 1 aliphatic carbocycles. The van der Waals surface area contributed by atoms with E-state index < -0.39 is 25.9 Å². The number of sulfonamides is 2. The molecule has 6 nitrogen and oxygen atoms in total. The molecule has 1 aliphatic heterocycles. The van der Waals surface area contributed by atoms with Crippen LogP contribution in [-0.4, -0.2) is 46.0 Å². The van der Waals surface area contributed by atoms with Crippen molar-refractivity contribution >= 4 is 20.0 Å². The zero-order chi connectivity index (χ0) is 17.4. The second-order valence-corrected chi connectivity index (χ2v) is 10.4. The Kier molecular flexibility index (Phi) is 4.96. The maximum Gasteiger partial charge on any atom is 0.240 e. The van der Waals surface area contributed by atoms with Gasteiger partial charge in [-0.1, -0.05) is 6.07 Å². The Hall–Kier alpha value is -1.03. The van der Waals surface area contributed by atoms with Crippen molar-refractivity contribution in [3.63, 3.8) is 0 Å². The van der Waals surface area contributed by atoms with Gasteiger partial charge in [-0.3, -0.25) is 0 Å². The molecule has 9 heteroatoms. The Balaban J connectivity index is 1.53. The van der Waals surface area contributed by atoms with Crippen LogP contribution in [0.4, 0.5) is 4.39 Å². The van der Waals surface area contributed by atoms with Crippen LogP contribution in [0.25, 0.3) is 0 Å². The Labute approximate surface area is 142 Å². The van der Waals surface area contributed by atoms with Gasteiger partial charge in [0.25, 0.3) is 0 Å². The minimum atomic E-state index is -3.75. The van der Waals surface area contributed by atoms with E-state index in [1.165, 1.54) is 22.5 Å². The van der Waals surface area contributed by atoms with Crippen molar-refractivity contribution in [1.29, 1.82) is 0 Å². The van der Waals surface area contributed by atoms with Gasteiger partial charge in [0.15, 0.2) is 0 Å². The highest BCUT2D eigenvalue weighted by Gasteiger charge is 2.41. The van der Waals surface area contributed by atoms with Crippen LogP contribution in [0.15, 0.2) is 29.2 Å². The van der Waals surface area contributed by atoms with Crippen LogP contribution in [0.2, 0.25) is 0 Å². The van der Waals surface area contributed by atoms with Gasteiger partial charge in [0.05, 0.1) is 10.1 Å². The highest BCUT2D eigenvalue weighted by Crippen LogP contribution is 2.33.